The molecule has 0 fully saturated rings. The van der Waals surface area contributed by atoms with Gasteiger partial charge in [-0.25, -0.2) is 4.98 Å². The summed E-state index contributed by atoms with van der Waals surface area (Å²) in [7, 11) is 1.96. The zero-order chi connectivity index (χ0) is 12.5. The van der Waals surface area contributed by atoms with Crippen LogP contribution in [-0.4, -0.2) is 23.6 Å². The second kappa shape index (κ2) is 4.49. The van der Waals surface area contributed by atoms with Gasteiger partial charge in [0.15, 0.2) is 0 Å². The number of nitrogens with zero attached hydrogens (tertiary/aromatic N) is 1. The van der Waals surface area contributed by atoms with Crippen LogP contribution >= 0.6 is 0 Å². The van der Waals surface area contributed by atoms with E-state index < -0.39 is 0 Å². The second-order valence-electron chi connectivity index (χ2n) is 5.52. The minimum atomic E-state index is 0.185. The highest BCUT2D eigenvalue weighted by atomic mass is 14.9. The maximum absolute atomic E-state index is 4.58. The molecule has 0 aliphatic carbocycles. The van der Waals surface area contributed by atoms with Gasteiger partial charge < -0.3 is 10.3 Å². The van der Waals surface area contributed by atoms with Crippen LogP contribution in [0.15, 0.2) is 18.2 Å². The molecule has 0 amide bonds. The number of nitrogens with one attached hydrogen (secondary N) is 2. The lowest BCUT2D eigenvalue weighted by Crippen LogP contribution is -2.11. The zero-order valence-electron chi connectivity index (χ0n) is 11.1. The van der Waals surface area contributed by atoms with Crippen LogP contribution in [0.5, 0.6) is 0 Å². The van der Waals surface area contributed by atoms with Gasteiger partial charge in [-0.3, -0.25) is 0 Å². The minimum Gasteiger partial charge on any atom is -0.342 e. The number of rotatable bonds is 3. The second-order valence-corrected chi connectivity index (χ2v) is 5.52. The van der Waals surface area contributed by atoms with E-state index in [0.717, 1.165) is 29.8 Å². The van der Waals surface area contributed by atoms with E-state index in [1.807, 2.05) is 7.05 Å². The monoisotopic (exact) mass is 231 g/mol. The first-order valence-electron chi connectivity index (χ1n) is 6.14. The molecule has 0 spiro atoms. The molecule has 0 saturated carbocycles. The summed E-state index contributed by atoms with van der Waals surface area (Å²) in [4.78, 5) is 7.97. The average molecular weight is 231 g/mol. The Labute approximate surface area is 103 Å². The van der Waals surface area contributed by atoms with E-state index in [9.17, 15) is 0 Å². The molecule has 1 aromatic heterocycles. The molecule has 3 heteroatoms. The fourth-order valence-corrected chi connectivity index (χ4v) is 1.89. The summed E-state index contributed by atoms with van der Waals surface area (Å²) < 4.78 is 0. The van der Waals surface area contributed by atoms with Crippen molar-refractivity contribution in [1.29, 1.82) is 0 Å². The van der Waals surface area contributed by atoms with Crippen LogP contribution in [-0.2, 0) is 11.8 Å². The molecule has 1 aromatic carbocycles. The van der Waals surface area contributed by atoms with E-state index in [2.05, 4.69) is 54.3 Å². The van der Waals surface area contributed by atoms with E-state index in [4.69, 9.17) is 0 Å². The van der Waals surface area contributed by atoms with Crippen molar-refractivity contribution in [3.8, 4) is 0 Å². The molecule has 1 heterocycles. The van der Waals surface area contributed by atoms with Crippen LogP contribution in [0.2, 0.25) is 0 Å². The first-order valence-corrected chi connectivity index (χ1v) is 6.14. The molecule has 0 bridgehead atoms. The van der Waals surface area contributed by atoms with Crippen molar-refractivity contribution in [3.63, 3.8) is 0 Å². The summed E-state index contributed by atoms with van der Waals surface area (Å²) in [6.07, 6.45) is 0.941. The minimum absolute atomic E-state index is 0.185. The van der Waals surface area contributed by atoms with Gasteiger partial charge in [0, 0.05) is 13.0 Å². The highest BCUT2D eigenvalue weighted by molar-refractivity contribution is 5.76. The van der Waals surface area contributed by atoms with Gasteiger partial charge in [0.2, 0.25) is 0 Å². The third kappa shape index (κ3) is 2.67. The Hall–Kier alpha value is -1.35. The first-order chi connectivity index (χ1) is 8.00. The lowest BCUT2D eigenvalue weighted by Gasteiger charge is -2.18. The maximum Gasteiger partial charge on any atom is 0.108 e. The van der Waals surface area contributed by atoms with E-state index in [0.29, 0.717) is 0 Å². The normalized spacial score (nSPS) is 12.2. The third-order valence-electron chi connectivity index (χ3n) is 3.01. The van der Waals surface area contributed by atoms with Gasteiger partial charge >= 0.3 is 0 Å². The summed E-state index contributed by atoms with van der Waals surface area (Å²) in [5, 5.41) is 3.14. The topological polar surface area (TPSA) is 40.7 Å². The van der Waals surface area contributed by atoms with Gasteiger partial charge in [0.05, 0.1) is 11.0 Å². The van der Waals surface area contributed by atoms with Gasteiger partial charge in [-0.05, 0) is 30.2 Å². The summed E-state index contributed by atoms with van der Waals surface area (Å²) in [6.45, 7) is 7.64. The highest BCUT2D eigenvalue weighted by Gasteiger charge is 2.14. The Morgan fingerprint density at radius 1 is 1.29 bits per heavy atom. The molecular weight excluding hydrogens is 210 g/mol. The number of fused-ring (bicyclic) bond motifs is 1. The van der Waals surface area contributed by atoms with Gasteiger partial charge in [0.1, 0.15) is 5.82 Å². The van der Waals surface area contributed by atoms with Crippen molar-refractivity contribution in [2.24, 2.45) is 0 Å². The summed E-state index contributed by atoms with van der Waals surface area (Å²) in [5.74, 6) is 1.06. The Morgan fingerprint density at radius 2 is 2.06 bits per heavy atom. The maximum atomic E-state index is 4.58. The molecule has 0 atom stereocenters. The lowest BCUT2D eigenvalue weighted by molar-refractivity contribution is 0.591. The molecule has 92 valence electrons. The number of hydrogen-bond donors (Lipinski definition) is 2. The average Bonchev–Trinajstić information content (AvgIpc) is 2.66. The SMILES string of the molecule is CNCCc1nc2ccc(C(C)(C)C)cc2[nH]1. The number of aromatic nitrogens is 2. The number of hydrogen-bond acceptors (Lipinski definition) is 2. The molecule has 2 aromatic rings. The Bertz CT molecular complexity index is 506. The zero-order valence-corrected chi connectivity index (χ0v) is 11.1. The quantitative estimate of drug-likeness (QED) is 0.852. The molecule has 0 aliphatic heterocycles. The fourth-order valence-electron chi connectivity index (χ4n) is 1.89. The van der Waals surface area contributed by atoms with Crippen LogP contribution in [0.25, 0.3) is 11.0 Å². The van der Waals surface area contributed by atoms with Crippen LogP contribution in [0.4, 0.5) is 0 Å². The third-order valence-corrected chi connectivity index (χ3v) is 3.01. The molecular formula is C14H21N3. The first kappa shape index (κ1) is 12.1. The Morgan fingerprint density at radius 3 is 2.71 bits per heavy atom. The van der Waals surface area contributed by atoms with E-state index in [1.54, 1.807) is 0 Å². The van der Waals surface area contributed by atoms with E-state index in [-0.39, 0.29) is 5.41 Å². The Balaban J connectivity index is 2.34. The van der Waals surface area contributed by atoms with Crippen LogP contribution in [0, 0.1) is 0 Å². The Kier molecular flexibility index (Phi) is 3.20. The van der Waals surface area contributed by atoms with Gasteiger partial charge in [-0.1, -0.05) is 26.8 Å². The number of aromatic amines is 1. The molecule has 0 radical (unpaired) electrons. The van der Waals surface area contributed by atoms with Crippen molar-refractivity contribution < 1.29 is 0 Å². The smallest absolute Gasteiger partial charge is 0.108 e. The van der Waals surface area contributed by atoms with Crippen molar-refractivity contribution in [2.45, 2.75) is 32.6 Å². The highest BCUT2D eigenvalue weighted by Crippen LogP contribution is 2.25. The predicted octanol–water partition coefficient (Wildman–Crippen LogP) is 2.62. The van der Waals surface area contributed by atoms with Crippen LogP contribution in [0.1, 0.15) is 32.2 Å². The largest absolute Gasteiger partial charge is 0.342 e. The molecule has 3 nitrogen and oxygen atoms in total. The molecule has 17 heavy (non-hydrogen) atoms. The molecule has 0 saturated heterocycles. The fraction of sp³-hybridized carbons (Fsp3) is 0.500. The summed E-state index contributed by atoms with van der Waals surface area (Å²) >= 11 is 0. The summed E-state index contributed by atoms with van der Waals surface area (Å²) in [5.41, 5.74) is 3.73. The van der Waals surface area contributed by atoms with Crippen molar-refractivity contribution in [1.82, 2.24) is 15.3 Å². The lowest BCUT2D eigenvalue weighted by atomic mass is 9.87. The van der Waals surface area contributed by atoms with Crippen molar-refractivity contribution >= 4 is 11.0 Å². The van der Waals surface area contributed by atoms with Gasteiger partial charge in [0.25, 0.3) is 0 Å². The standard InChI is InChI=1S/C14H21N3/c1-14(2,3)10-5-6-11-12(9-10)17-13(16-11)7-8-15-4/h5-6,9,15H,7-8H2,1-4H3,(H,16,17). The number of benzene rings is 1. The molecule has 2 N–H and O–H groups in total. The van der Waals surface area contributed by atoms with Crippen LogP contribution < -0.4 is 5.32 Å². The number of H-pyrrole nitrogens is 1. The van der Waals surface area contributed by atoms with E-state index in [1.165, 1.54) is 5.56 Å². The molecule has 2 rings (SSSR count). The summed E-state index contributed by atoms with van der Waals surface area (Å²) in [6, 6.07) is 6.49. The van der Waals surface area contributed by atoms with Gasteiger partial charge in [-0.2, -0.15) is 0 Å². The predicted molar refractivity (Wildman–Crippen MR) is 72.4 cm³/mol. The number of likely N-dealkylation sites (N-methyl/N-ethyl adjacent to an activating group) is 1. The van der Waals surface area contributed by atoms with Crippen molar-refractivity contribution in [2.75, 3.05) is 13.6 Å². The molecule has 0 unspecified atom stereocenters. The van der Waals surface area contributed by atoms with E-state index >= 15 is 0 Å². The number of imidazole rings is 1. The van der Waals surface area contributed by atoms with Crippen LogP contribution in [0.3, 0.4) is 0 Å². The van der Waals surface area contributed by atoms with Gasteiger partial charge in [-0.15, -0.1) is 0 Å². The molecule has 0 aliphatic rings. The van der Waals surface area contributed by atoms with Crippen molar-refractivity contribution in [3.05, 3.63) is 29.6 Å².